The number of rotatable bonds is 31. The van der Waals surface area contributed by atoms with E-state index in [-0.39, 0.29) is 44.3 Å². The predicted octanol–water partition coefficient (Wildman–Crippen LogP) is 11.5. The fourth-order valence-electron chi connectivity index (χ4n) is 10.5. The average Bonchev–Trinajstić information content (AvgIpc) is 1.15. The van der Waals surface area contributed by atoms with Crippen molar-refractivity contribution in [3.8, 4) is 11.5 Å². The first kappa shape index (κ1) is 66.2. The van der Waals surface area contributed by atoms with Gasteiger partial charge in [0.25, 0.3) is 0 Å². The van der Waals surface area contributed by atoms with E-state index in [2.05, 4.69) is 80.3 Å². The molecular formula is C69H83IN6O9S. The third-order valence-corrected chi connectivity index (χ3v) is 17.2. The number of likely N-dealkylation sites (tertiary alicyclic amines) is 1. The molecule has 7 rings (SSSR count). The fraction of sp³-hybridized carbons (Fsp3) is 0.391. The average molecular weight is 1300 g/mol. The maximum atomic E-state index is 14.9. The van der Waals surface area contributed by atoms with Gasteiger partial charge in [0.2, 0.25) is 29.5 Å². The summed E-state index contributed by atoms with van der Waals surface area (Å²) in [6.07, 6.45) is 4.05. The summed E-state index contributed by atoms with van der Waals surface area (Å²) in [7, 11) is 1.59. The van der Waals surface area contributed by atoms with Crippen LogP contribution in [0.4, 0.5) is 4.79 Å². The number of nitrogens with one attached hydrogen (secondary N) is 4. The van der Waals surface area contributed by atoms with E-state index in [0.29, 0.717) is 75.3 Å². The Morgan fingerprint density at radius 2 is 1.34 bits per heavy atom. The Morgan fingerprint density at radius 3 is 1.94 bits per heavy atom. The summed E-state index contributed by atoms with van der Waals surface area (Å²) in [4.78, 5) is 87.5. The van der Waals surface area contributed by atoms with Crippen LogP contribution in [0.3, 0.4) is 0 Å². The summed E-state index contributed by atoms with van der Waals surface area (Å²) in [6, 6.07) is 51.5. The van der Waals surface area contributed by atoms with Crippen LogP contribution in [0, 0.1) is 3.57 Å². The van der Waals surface area contributed by atoms with E-state index in [1.165, 1.54) is 4.90 Å². The molecule has 0 aromatic heterocycles. The summed E-state index contributed by atoms with van der Waals surface area (Å²) in [6.45, 7) is 8.49. The highest BCUT2D eigenvalue weighted by atomic mass is 127. The third kappa shape index (κ3) is 19.8. The first-order chi connectivity index (χ1) is 41.6. The predicted molar refractivity (Wildman–Crippen MR) is 348 cm³/mol. The van der Waals surface area contributed by atoms with Gasteiger partial charge in [-0.2, -0.15) is 0 Å². The highest BCUT2D eigenvalue weighted by molar-refractivity contribution is 14.1. The molecule has 0 radical (unpaired) electrons. The lowest BCUT2D eigenvalue weighted by Crippen LogP contribution is -2.55. The molecule has 0 spiro atoms. The minimum atomic E-state index is -1.01. The van der Waals surface area contributed by atoms with Gasteiger partial charge in [0, 0.05) is 53.6 Å². The maximum absolute atomic E-state index is 14.9. The van der Waals surface area contributed by atoms with Gasteiger partial charge in [-0.1, -0.05) is 153 Å². The number of amides is 6. The van der Waals surface area contributed by atoms with Crippen molar-refractivity contribution < 1.29 is 43.0 Å². The molecule has 1 saturated heterocycles. The van der Waals surface area contributed by atoms with E-state index in [4.69, 9.17) is 14.2 Å². The molecule has 15 nitrogen and oxygen atoms in total. The molecule has 456 valence electrons. The smallest absolute Gasteiger partial charge is 0.407 e. The summed E-state index contributed by atoms with van der Waals surface area (Å²) in [5.74, 6) is -0.443. The lowest BCUT2D eigenvalue weighted by Gasteiger charge is -2.35. The normalized spacial score (nSPS) is 13.8. The van der Waals surface area contributed by atoms with E-state index < -0.39 is 58.8 Å². The van der Waals surface area contributed by atoms with E-state index in [9.17, 15) is 28.8 Å². The SMILES string of the molecule is CCCC[C@@H](NC(=O)[C@@H]1CCCN1C(=O)CNC(=O)C(CCCCNC(=O)OC(C)(C)C)NC(=O)CCSC(c1ccccc1)(c1ccccc1)c1ccccc1)C(=O)N(CCc1ccccc1)Cc1ccc(OCc2ccc(I)cc2)cc1OC. The van der Waals surface area contributed by atoms with E-state index >= 15 is 0 Å². The van der Waals surface area contributed by atoms with Crippen LogP contribution in [0.15, 0.2) is 164 Å². The van der Waals surface area contributed by atoms with Crippen molar-refractivity contribution in [1.29, 1.82) is 0 Å². The number of thioether (sulfide) groups is 1. The molecule has 1 unspecified atom stereocenters. The van der Waals surface area contributed by atoms with Crippen molar-refractivity contribution in [3.63, 3.8) is 0 Å². The van der Waals surface area contributed by atoms with Crippen LogP contribution in [0.1, 0.15) is 119 Å². The van der Waals surface area contributed by atoms with Crippen LogP contribution >= 0.6 is 34.4 Å². The standard InChI is InChI=1S/C69H83IN6O9S/c1-6-7-31-59(66(81)75(44-40-50-23-12-8-13-24-50)48-52-36-39-57(46-61(52)83-5)84-49-51-34-37-56(70)38-35-51)74-65(80)60-33-22-43-76(60)63(78)47-72-64(79)58(32-20-21-42-71-67(82)85-68(2,3)4)73-62(77)41-45-86-69(53-25-14-9-15-26-53,54-27-16-10-17-28-54)55-29-18-11-19-30-55/h8-19,23-30,34-39,46,58-60H,6-7,20-22,31-33,40-45,47-49H2,1-5H3,(H,71,82)(H,72,79)(H,73,77)(H,74,80)/t58?,59-,60+/m1/s1. The molecule has 0 saturated carbocycles. The Morgan fingerprint density at radius 1 is 0.721 bits per heavy atom. The molecule has 0 aliphatic carbocycles. The lowest BCUT2D eigenvalue weighted by atomic mass is 9.84. The van der Waals surface area contributed by atoms with Gasteiger partial charge < -0.3 is 45.3 Å². The number of carbonyl (C=O) groups excluding carboxylic acids is 6. The van der Waals surface area contributed by atoms with Crippen LogP contribution in [0.25, 0.3) is 0 Å². The minimum absolute atomic E-state index is 0.0882. The molecule has 1 aliphatic heterocycles. The van der Waals surface area contributed by atoms with Crippen molar-refractivity contribution in [2.45, 2.75) is 134 Å². The molecule has 1 aliphatic rings. The molecule has 6 aromatic carbocycles. The van der Waals surface area contributed by atoms with E-state index in [1.807, 2.05) is 134 Å². The van der Waals surface area contributed by atoms with Crippen LogP contribution in [0.2, 0.25) is 0 Å². The molecule has 86 heavy (non-hydrogen) atoms. The van der Waals surface area contributed by atoms with Crippen LogP contribution in [-0.4, -0.2) is 108 Å². The van der Waals surface area contributed by atoms with Gasteiger partial charge in [0.1, 0.15) is 41.8 Å². The molecule has 6 aromatic rings. The Hall–Kier alpha value is -7.38. The Kier molecular flexibility index (Phi) is 25.8. The Bertz CT molecular complexity index is 3020. The third-order valence-electron chi connectivity index (χ3n) is 14.9. The summed E-state index contributed by atoms with van der Waals surface area (Å²) >= 11 is 3.91. The minimum Gasteiger partial charge on any atom is -0.496 e. The Labute approximate surface area is 525 Å². The highest BCUT2D eigenvalue weighted by Crippen LogP contribution is 2.48. The zero-order valence-corrected chi connectivity index (χ0v) is 53.2. The number of halogens is 1. The van der Waals surface area contributed by atoms with Gasteiger partial charge in [0.15, 0.2) is 0 Å². The topological polar surface area (TPSA) is 185 Å². The van der Waals surface area contributed by atoms with Gasteiger partial charge in [0.05, 0.1) is 18.4 Å². The highest BCUT2D eigenvalue weighted by Gasteiger charge is 2.39. The van der Waals surface area contributed by atoms with Crippen molar-refractivity contribution in [1.82, 2.24) is 31.1 Å². The fourth-order valence-corrected chi connectivity index (χ4v) is 12.4. The number of carbonyl (C=O) groups is 6. The molecule has 3 atom stereocenters. The molecule has 6 amide bonds. The number of hydrogen-bond donors (Lipinski definition) is 4. The first-order valence-electron chi connectivity index (χ1n) is 29.9. The number of ether oxygens (including phenoxy) is 3. The number of alkyl carbamates (subject to hydrolysis) is 1. The molecule has 17 heteroatoms. The second kappa shape index (κ2) is 33.5. The van der Waals surface area contributed by atoms with Crippen molar-refractivity contribution in [3.05, 3.63) is 201 Å². The first-order valence-corrected chi connectivity index (χ1v) is 31.9. The van der Waals surface area contributed by atoms with E-state index in [0.717, 1.165) is 43.4 Å². The number of hydrogen-bond acceptors (Lipinski definition) is 10. The van der Waals surface area contributed by atoms with Crippen LogP contribution in [-0.2, 0) is 53.0 Å². The zero-order valence-electron chi connectivity index (χ0n) is 50.2. The molecular weight excluding hydrogens is 1220 g/mol. The second-order valence-electron chi connectivity index (χ2n) is 22.5. The van der Waals surface area contributed by atoms with Gasteiger partial charge in [-0.3, -0.25) is 24.0 Å². The molecule has 1 fully saturated rings. The number of nitrogens with zero attached hydrogens (tertiary/aromatic N) is 2. The second-order valence-corrected chi connectivity index (χ2v) is 25.0. The molecule has 0 bridgehead atoms. The van der Waals surface area contributed by atoms with E-state index in [1.54, 1.807) is 44.5 Å². The van der Waals surface area contributed by atoms with Gasteiger partial charge in [-0.05, 0) is 140 Å². The number of unbranched alkanes of at least 4 members (excludes halogenated alkanes) is 2. The monoisotopic (exact) mass is 1300 g/mol. The van der Waals surface area contributed by atoms with Crippen molar-refractivity contribution in [2.75, 3.05) is 39.0 Å². The van der Waals surface area contributed by atoms with Crippen LogP contribution in [0.5, 0.6) is 11.5 Å². The Balaban J connectivity index is 1.01. The van der Waals surface area contributed by atoms with Gasteiger partial charge in [-0.15, -0.1) is 11.8 Å². The van der Waals surface area contributed by atoms with Gasteiger partial charge >= 0.3 is 6.09 Å². The van der Waals surface area contributed by atoms with Crippen LogP contribution < -0.4 is 30.7 Å². The molecule has 4 N–H and O–H groups in total. The zero-order chi connectivity index (χ0) is 61.3. The summed E-state index contributed by atoms with van der Waals surface area (Å²) < 4.78 is 17.9. The molecule has 1 heterocycles. The maximum Gasteiger partial charge on any atom is 0.407 e. The number of benzene rings is 6. The summed E-state index contributed by atoms with van der Waals surface area (Å²) in [5, 5.41) is 11.6. The summed E-state index contributed by atoms with van der Waals surface area (Å²) in [5.41, 5.74) is 5.37. The van der Waals surface area contributed by atoms with Gasteiger partial charge in [-0.25, -0.2) is 4.79 Å². The lowest BCUT2D eigenvalue weighted by molar-refractivity contribution is -0.141. The largest absolute Gasteiger partial charge is 0.496 e. The van der Waals surface area contributed by atoms with Crippen molar-refractivity contribution >= 4 is 70.0 Å². The number of methoxy groups -OCH3 is 1. The quantitative estimate of drug-likeness (QED) is 0.0186. The van der Waals surface area contributed by atoms with Crippen molar-refractivity contribution in [2.24, 2.45) is 0 Å².